The highest BCUT2D eigenvalue weighted by atomic mass is 28.4. The highest BCUT2D eigenvalue weighted by Gasteiger charge is 2.71. The quantitative estimate of drug-likeness (QED) is 0.452. The van der Waals surface area contributed by atoms with Gasteiger partial charge in [0.2, 0.25) is 0 Å². The Bertz CT molecular complexity index is 519. The number of hydrogen-bond acceptors (Lipinski definition) is 5. The molecule has 2 aliphatic rings. The second-order valence-electron chi connectivity index (χ2n) is 10.2. The van der Waals surface area contributed by atoms with Gasteiger partial charge in [-0.05, 0) is 58.2 Å². The third-order valence-corrected chi connectivity index (χ3v) is 10.4. The summed E-state index contributed by atoms with van der Waals surface area (Å²) in [4.78, 5) is 12.3. The molecule has 0 aromatic heterocycles. The minimum absolute atomic E-state index is 0.0153. The maximum atomic E-state index is 12.3. The van der Waals surface area contributed by atoms with E-state index in [0.29, 0.717) is 13.0 Å². The van der Waals surface area contributed by atoms with Crippen LogP contribution in [0.1, 0.15) is 67.2 Å². The van der Waals surface area contributed by atoms with Gasteiger partial charge in [-0.15, -0.1) is 0 Å². The zero-order valence-corrected chi connectivity index (χ0v) is 18.2. The molecule has 146 valence electrons. The van der Waals surface area contributed by atoms with Crippen molar-refractivity contribution in [2.24, 2.45) is 0 Å². The van der Waals surface area contributed by atoms with Crippen LogP contribution in [0.2, 0.25) is 18.1 Å². The van der Waals surface area contributed by atoms with Gasteiger partial charge >= 0.3 is 5.97 Å². The van der Waals surface area contributed by atoms with Crippen molar-refractivity contribution in [3.63, 3.8) is 0 Å². The molecule has 6 heteroatoms. The van der Waals surface area contributed by atoms with E-state index in [9.17, 15) is 9.90 Å². The fraction of sp³-hybridized carbons (Fsp3) is 0.947. The van der Waals surface area contributed by atoms with Crippen LogP contribution in [0.25, 0.3) is 0 Å². The van der Waals surface area contributed by atoms with E-state index in [2.05, 4.69) is 33.9 Å². The van der Waals surface area contributed by atoms with E-state index in [1.165, 1.54) is 0 Å². The second kappa shape index (κ2) is 6.32. The van der Waals surface area contributed by atoms with Gasteiger partial charge in [0, 0.05) is 0 Å². The van der Waals surface area contributed by atoms with Crippen LogP contribution in [-0.2, 0) is 18.7 Å². The molecule has 0 spiro atoms. The van der Waals surface area contributed by atoms with Crippen molar-refractivity contribution < 1.29 is 23.8 Å². The van der Waals surface area contributed by atoms with Crippen molar-refractivity contribution in [2.45, 2.75) is 108 Å². The maximum Gasteiger partial charge on any atom is 0.309 e. The molecule has 25 heavy (non-hydrogen) atoms. The van der Waals surface area contributed by atoms with Crippen LogP contribution < -0.4 is 0 Å². The van der Waals surface area contributed by atoms with E-state index in [0.717, 1.165) is 12.8 Å². The number of hydrogen-bond donors (Lipinski definition) is 1. The van der Waals surface area contributed by atoms with Crippen LogP contribution in [0.15, 0.2) is 0 Å². The monoisotopic (exact) mass is 372 g/mol. The molecule has 1 saturated heterocycles. The van der Waals surface area contributed by atoms with Gasteiger partial charge in [0.25, 0.3) is 0 Å². The number of fused-ring (bicyclic) bond motifs is 1. The van der Waals surface area contributed by atoms with Gasteiger partial charge in [-0.25, -0.2) is 0 Å². The molecule has 0 amide bonds. The third kappa shape index (κ3) is 4.29. The summed E-state index contributed by atoms with van der Waals surface area (Å²) in [6, 6.07) is 0. The molecule has 2 rings (SSSR count). The number of aliphatic hydroxyl groups is 1. The predicted molar refractivity (Wildman–Crippen MR) is 100 cm³/mol. The minimum atomic E-state index is -1.96. The van der Waals surface area contributed by atoms with E-state index in [4.69, 9.17) is 13.9 Å². The van der Waals surface area contributed by atoms with Gasteiger partial charge in [-0.1, -0.05) is 20.8 Å². The number of rotatable bonds is 5. The van der Waals surface area contributed by atoms with Crippen LogP contribution >= 0.6 is 0 Å². The van der Waals surface area contributed by atoms with E-state index < -0.39 is 25.1 Å². The summed E-state index contributed by atoms with van der Waals surface area (Å²) >= 11 is 0. The normalized spacial score (nSPS) is 32.9. The Morgan fingerprint density at radius 3 is 2.36 bits per heavy atom. The Morgan fingerprint density at radius 2 is 1.84 bits per heavy atom. The van der Waals surface area contributed by atoms with Crippen molar-refractivity contribution in [1.29, 1.82) is 0 Å². The zero-order valence-electron chi connectivity index (χ0n) is 17.2. The van der Waals surface area contributed by atoms with Crippen molar-refractivity contribution in [2.75, 3.05) is 6.61 Å². The molecule has 0 aromatic carbocycles. The molecular formula is C19H36O5Si. The first-order valence-corrected chi connectivity index (χ1v) is 12.3. The van der Waals surface area contributed by atoms with Crippen LogP contribution in [0.3, 0.4) is 0 Å². The molecule has 0 unspecified atom stereocenters. The summed E-state index contributed by atoms with van der Waals surface area (Å²) in [6.45, 7) is 16.8. The van der Waals surface area contributed by atoms with Gasteiger partial charge < -0.3 is 19.0 Å². The number of carbonyl (C=O) groups is 1. The van der Waals surface area contributed by atoms with Crippen molar-refractivity contribution in [1.82, 2.24) is 0 Å². The fourth-order valence-corrected chi connectivity index (χ4v) is 4.34. The Hall–Kier alpha value is -0.433. The van der Waals surface area contributed by atoms with Crippen LogP contribution in [0, 0.1) is 0 Å². The largest absolute Gasteiger partial charge is 0.460 e. The maximum absolute atomic E-state index is 12.3. The molecule has 1 saturated carbocycles. The van der Waals surface area contributed by atoms with Gasteiger partial charge in [-0.2, -0.15) is 0 Å². The molecule has 5 nitrogen and oxygen atoms in total. The lowest BCUT2D eigenvalue weighted by molar-refractivity contribution is -0.165. The molecule has 1 aliphatic heterocycles. The Morgan fingerprint density at radius 1 is 1.24 bits per heavy atom. The lowest BCUT2D eigenvalue weighted by Gasteiger charge is -2.41. The summed E-state index contributed by atoms with van der Waals surface area (Å²) < 4.78 is 17.7. The number of ether oxygens (including phenoxy) is 2. The molecule has 3 atom stereocenters. The first-order chi connectivity index (χ1) is 11.1. The topological polar surface area (TPSA) is 68.3 Å². The van der Waals surface area contributed by atoms with E-state index in [1.54, 1.807) is 0 Å². The highest BCUT2D eigenvalue weighted by molar-refractivity contribution is 6.74. The average molecular weight is 373 g/mol. The molecule has 0 bridgehead atoms. The average Bonchev–Trinajstić information content (AvgIpc) is 3.09. The minimum Gasteiger partial charge on any atom is -0.460 e. The van der Waals surface area contributed by atoms with Gasteiger partial charge in [0.1, 0.15) is 16.8 Å². The number of esters is 1. The molecule has 1 aliphatic carbocycles. The number of epoxide rings is 1. The summed E-state index contributed by atoms with van der Waals surface area (Å²) in [5.41, 5.74) is -2.52. The summed E-state index contributed by atoms with van der Waals surface area (Å²) in [5.74, 6) is -0.377. The summed E-state index contributed by atoms with van der Waals surface area (Å²) in [5, 5.41) is 11.4. The summed E-state index contributed by atoms with van der Waals surface area (Å²) in [6.07, 6.45) is 2.26. The van der Waals surface area contributed by atoms with Crippen LogP contribution in [0.4, 0.5) is 0 Å². The van der Waals surface area contributed by atoms with Crippen LogP contribution in [0.5, 0.6) is 0 Å². The van der Waals surface area contributed by atoms with E-state index in [-0.39, 0.29) is 23.5 Å². The third-order valence-electron chi connectivity index (χ3n) is 5.97. The van der Waals surface area contributed by atoms with Crippen molar-refractivity contribution in [3.8, 4) is 0 Å². The summed E-state index contributed by atoms with van der Waals surface area (Å²) in [7, 11) is -1.96. The van der Waals surface area contributed by atoms with Crippen molar-refractivity contribution in [3.05, 3.63) is 0 Å². The standard InChI is InChI=1S/C19H36O5Si/c1-16(2,3)24-15(20)12-18(21)11-9-10-14-19(18,23-14)13-22-25(7,8)17(4,5)6/h14,21H,9-13H2,1-8H3/t14-,18-,19-/m0/s1. The predicted octanol–water partition coefficient (Wildman–Crippen LogP) is 3.79. The molecule has 1 heterocycles. The Labute approximate surface area is 153 Å². The van der Waals surface area contributed by atoms with Gasteiger partial charge in [0.15, 0.2) is 8.32 Å². The molecule has 2 fully saturated rings. The Kier molecular flexibility index (Phi) is 5.28. The Balaban J connectivity index is 2.11. The smallest absolute Gasteiger partial charge is 0.309 e. The molecular weight excluding hydrogens is 336 g/mol. The lowest BCUT2D eigenvalue weighted by atomic mass is 9.73. The molecule has 1 N–H and O–H groups in total. The fourth-order valence-electron chi connectivity index (χ4n) is 3.33. The highest BCUT2D eigenvalue weighted by Crippen LogP contribution is 2.56. The first-order valence-electron chi connectivity index (χ1n) is 9.38. The lowest BCUT2D eigenvalue weighted by Crippen LogP contribution is -2.56. The van der Waals surface area contributed by atoms with Crippen LogP contribution in [-0.4, -0.2) is 48.9 Å². The molecule has 0 aromatic rings. The molecule has 0 radical (unpaired) electrons. The number of carbonyl (C=O) groups excluding carboxylic acids is 1. The zero-order chi connectivity index (χ0) is 19.3. The SMILES string of the molecule is CC(C)(C)OC(=O)C[C@@]1(O)CCC[C@@H]2O[C@@]21CO[Si](C)(C)C(C)(C)C. The van der Waals surface area contributed by atoms with Gasteiger partial charge in [-0.3, -0.25) is 4.79 Å². The van der Waals surface area contributed by atoms with Gasteiger partial charge in [0.05, 0.1) is 19.1 Å². The van der Waals surface area contributed by atoms with E-state index >= 15 is 0 Å². The second-order valence-corrected chi connectivity index (χ2v) is 15.0. The van der Waals surface area contributed by atoms with E-state index in [1.807, 2.05) is 20.8 Å². The first kappa shape index (κ1) is 20.9. The van der Waals surface area contributed by atoms with Crippen molar-refractivity contribution >= 4 is 14.3 Å².